The molecule has 0 aliphatic carbocycles. The van der Waals surface area contributed by atoms with Crippen LogP contribution in [0.25, 0.3) is 0 Å². The van der Waals surface area contributed by atoms with Crippen molar-refractivity contribution in [1.29, 1.82) is 0 Å². The average molecular weight is 170 g/mol. The highest BCUT2D eigenvalue weighted by Crippen LogP contribution is 2.12. The standard InChI is InChI=1S/C11H22O/c1-8(2)6-11(12)7-10(5)9(3)4/h7-9,11-12H,6H2,1-5H3/b10-7+/t11-/m1/s1. The van der Waals surface area contributed by atoms with E-state index < -0.39 is 0 Å². The summed E-state index contributed by atoms with van der Waals surface area (Å²) in [7, 11) is 0. The smallest absolute Gasteiger partial charge is 0.0725 e. The Morgan fingerprint density at radius 1 is 1.25 bits per heavy atom. The molecule has 0 heterocycles. The SMILES string of the molecule is C/C(=C\[C@H](O)CC(C)C)C(C)C. The fourth-order valence-corrected chi connectivity index (χ4v) is 1.05. The van der Waals surface area contributed by atoms with Crippen LogP contribution >= 0.6 is 0 Å². The molecule has 1 atom stereocenters. The largest absolute Gasteiger partial charge is 0.389 e. The van der Waals surface area contributed by atoms with Crippen LogP contribution in [0.15, 0.2) is 11.6 Å². The molecule has 0 rings (SSSR count). The van der Waals surface area contributed by atoms with Gasteiger partial charge in [0, 0.05) is 0 Å². The third-order valence-corrected chi connectivity index (χ3v) is 2.08. The van der Waals surface area contributed by atoms with E-state index in [1.807, 2.05) is 6.08 Å². The van der Waals surface area contributed by atoms with Crippen LogP contribution in [0.2, 0.25) is 0 Å². The van der Waals surface area contributed by atoms with Gasteiger partial charge in [0.25, 0.3) is 0 Å². The number of hydrogen-bond donors (Lipinski definition) is 1. The fourth-order valence-electron chi connectivity index (χ4n) is 1.05. The predicted molar refractivity (Wildman–Crippen MR) is 54.1 cm³/mol. The van der Waals surface area contributed by atoms with E-state index in [9.17, 15) is 5.11 Å². The molecular formula is C11H22O. The van der Waals surface area contributed by atoms with Gasteiger partial charge in [-0.25, -0.2) is 0 Å². The van der Waals surface area contributed by atoms with Crippen molar-refractivity contribution >= 4 is 0 Å². The van der Waals surface area contributed by atoms with E-state index in [0.717, 1.165) is 6.42 Å². The fraction of sp³-hybridized carbons (Fsp3) is 0.818. The van der Waals surface area contributed by atoms with Gasteiger partial charge in [-0.1, -0.05) is 39.3 Å². The Labute approximate surface area is 76.5 Å². The predicted octanol–water partition coefficient (Wildman–Crippen LogP) is 3.00. The lowest BCUT2D eigenvalue weighted by Gasteiger charge is -2.11. The maximum atomic E-state index is 9.56. The quantitative estimate of drug-likeness (QED) is 0.643. The van der Waals surface area contributed by atoms with E-state index in [2.05, 4.69) is 34.6 Å². The van der Waals surface area contributed by atoms with Crippen molar-refractivity contribution in [3.05, 3.63) is 11.6 Å². The molecule has 1 heteroatoms. The maximum absolute atomic E-state index is 9.56. The summed E-state index contributed by atoms with van der Waals surface area (Å²) < 4.78 is 0. The van der Waals surface area contributed by atoms with Crippen LogP contribution in [0.1, 0.15) is 41.0 Å². The number of hydrogen-bond acceptors (Lipinski definition) is 1. The minimum atomic E-state index is -0.257. The van der Waals surface area contributed by atoms with Gasteiger partial charge in [0.1, 0.15) is 0 Å². The summed E-state index contributed by atoms with van der Waals surface area (Å²) in [5.41, 5.74) is 1.28. The molecule has 0 aromatic rings. The molecule has 0 spiro atoms. The van der Waals surface area contributed by atoms with Crippen LogP contribution in [0.5, 0.6) is 0 Å². The van der Waals surface area contributed by atoms with Crippen molar-refractivity contribution in [3.63, 3.8) is 0 Å². The first-order valence-electron chi connectivity index (χ1n) is 4.79. The van der Waals surface area contributed by atoms with Gasteiger partial charge >= 0.3 is 0 Å². The monoisotopic (exact) mass is 170 g/mol. The summed E-state index contributed by atoms with van der Waals surface area (Å²) in [5, 5.41) is 9.56. The summed E-state index contributed by atoms with van der Waals surface area (Å²) in [6, 6.07) is 0. The lowest BCUT2D eigenvalue weighted by Crippen LogP contribution is -2.08. The van der Waals surface area contributed by atoms with Gasteiger partial charge in [0.2, 0.25) is 0 Å². The summed E-state index contributed by atoms with van der Waals surface area (Å²) in [6.07, 6.45) is 2.58. The van der Waals surface area contributed by atoms with Crippen molar-refractivity contribution < 1.29 is 5.11 Å². The van der Waals surface area contributed by atoms with E-state index in [-0.39, 0.29) is 6.10 Å². The van der Waals surface area contributed by atoms with Gasteiger partial charge in [-0.15, -0.1) is 0 Å². The summed E-state index contributed by atoms with van der Waals surface area (Å²) >= 11 is 0. The molecule has 0 aliphatic rings. The second kappa shape index (κ2) is 5.36. The molecule has 0 unspecified atom stereocenters. The molecule has 72 valence electrons. The first kappa shape index (κ1) is 11.7. The molecule has 0 bridgehead atoms. The van der Waals surface area contributed by atoms with Crippen molar-refractivity contribution in [2.24, 2.45) is 11.8 Å². The molecule has 0 aliphatic heterocycles. The Bertz CT molecular complexity index is 145. The number of rotatable bonds is 4. The molecule has 1 nitrogen and oxygen atoms in total. The molecule has 0 amide bonds. The van der Waals surface area contributed by atoms with Crippen LogP contribution in [-0.2, 0) is 0 Å². The normalized spacial score (nSPS) is 15.8. The summed E-state index contributed by atoms with van der Waals surface area (Å²) in [4.78, 5) is 0. The van der Waals surface area contributed by atoms with E-state index in [1.165, 1.54) is 5.57 Å². The Hall–Kier alpha value is -0.300. The molecule has 12 heavy (non-hydrogen) atoms. The minimum absolute atomic E-state index is 0.257. The number of allylic oxidation sites excluding steroid dienone is 1. The van der Waals surface area contributed by atoms with Gasteiger partial charge in [-0.2, -0.15) is 0 Å². The van der Waals surface area contributed by atoms with Gasteiger partial charge < -0.3 is 5.11 Å². The van der Waals surface area contributed by atoms with E-state index in [0.29, 0.717) is 11.8 Å². The minimum Gasteiger partial charge on any atom is -0.389 e. The van der Waals surface area contributed by atoms with Gasteiger partial charge in [-0.3, -0.25) is 0 Å². The van der Waals surface area contributed by atoms with Gasteiger partial charge in [0.15, 0.2) is 0 Å². The molecule has 0 saturated carbocycles. The van der Waals surface area contributed by atoms with E-state index >= 15 is 0 Å². The zero-order valence-corrected chi connectivity index (χ0v) is 8.96. The Morgan fingerprint density at radius 3 is 2.08 bits per heavy atom. The summed E-state index contributed by atoms with van der Waals surface area (Å²) in [5.74, 6) is 1.11. The molecule has 0 fully saturated rings. The highest BCUT2D eigenvalue weighted by atomic mass is 16.3. The van der Waals surface area contributed by atoms with Crippen molar-refractivity contribution in [3.8, 4) is 0 Å². The molecular weight excluding hydrogens is 148 g/mol. The number of aliphatic hydroxyl groups excluding tert-OH is 1. The highest BCUT2D eigenvalue weighted by molar-refractivity contribution is 5.04. The third kappa shape index (κ3) is 5.36. The zero-order valence-electron chi connectivity index (χ0n) is 8.96. The molecule has 0 aromatic heterocycles. The Morgan fingerprint density at radius 2 is 1.75 bits per heavy atom. The van der Waals surface area contributed by atoms with Crippen molar-refractivity contribution in [2.45, 2.75) is 47.1 Å². The summed E-state index contributed by atoms with van der Waals surface area (Å²) in [6.45, 7) is 10.6. The third-order valence-electron chi connectivity index (χ3n) is 2.08. The van der Waals surface area contributed by atoms with Crippen LogP contribution in [0.3, 0.4) is 0 Å². The van der Waals surface area contributed by atoms with E-state index in [4.69, 9.17) is 0 Å². The lowest BCUT2D eigenvalue weighted by molar-refractivity contribution is 0.193. The van der Waals surface area contributed by atoms with Crippen LogP contribution in [-0.4, -0.2) is 11.2 Å². The number of aliphatic hydroxyl groups is 1. The second-order valence-electron chi connectivity index (χ2n) is 4.26. The first-order valence-corrected chi connectivity index (χ1v) is 4.79. The highest BCUT2D eigenvalue weighted by Gasteiger charge is 2.05. The van der Waals surface area contributed by atoms with Crippen LogP contribution < -0.4 is 0 Å². The van der Waals surface area contributed by atoms with Gasteiger partial charge in [0.05, 0.1) is 6.10 Å². The first-order chi connectivity index (χ1) is 5.43. The topological polar surface area (TPSA) is 20.2 Å². The average Bonchev–Trinajstić information content (AvgIpc) is 1.84. The maximum Gasteiger partial charge on any atom is 0.0725 e. The molecule has 0 saturated heterocycles. The lowest BCUT2D eigenvalue weighted by atomic mass is 9.99. The van der Waals surface area contributed by atoms with E-state index in [1.54, 1.807) is 0 Å². The second-order valence-corrected chi connectivity index (χ2v) is 4.26. The van der Waals surface area contributed by atoms with Crippen LogP contribution in [0, 0.1) is 11.8 Å². The zero-order chi connectivity index (χ0) is 9.72. The molecule has 1 N–H and O–H groups in total. The molecule has 0 aromatic carbocycles. The van der Waals surface area contributed by atoms with Crippen molar-refractivity contribution in [2.75, 3.05) is 0 Å². The Balaban J connectivity index is 3.96. The van der Waals surface area contributed by atoms with Crippen molar-refractivity contribution in [1.82, 2.24) is 0 Å². The van der Waals surface area contributed by atoms with Crippen LogP contribution in [0.4, 0.5) is 0 Å². The van der Waals surface area contributed by atoms with Gasteiger partial charge in [-0.05, 0) is 25.2 Å². The Kier molecular flexibility index (Phi) is 5.23. The molecule has 0 radical (unpaired) electrons.